The van der Waals surface area contributed by atoms with Gasteiger partial charge >= 0.3 is 0 Å². The van der Waals surface area contributed by atoms with Crippen LogP contribution in [0.3, 0.4) is 0 Å². The predicted molar refractivity (Wildman–Crippen MR) is 119 cm³/mol. The summed E-state index contributed by atoms with van der Waals surface area (Å²) in [7, 11) is 2.14. The maximum atomic E-state index is 12.7. The first-order valence-corrected chi connectivity index (χ1v) is 10.4. The highest BCUT2D eigenvalue weighted by Crippen LogP contribution is 2.29. The van der Waals surface area contributed by atoms with Crippen molar-refractivity contribution in [2.24, 2.45) is 0 Å². The van der Waals surface area contributed by atoms with Crippen LogP contribution in [0, 0.1) is 0 Å². The van der Waals surface area contributed by atoms with Gasteiger partial charge in [0.15, 0.2) is 5.78 Å². The SMILES string of the molecule is C=CCN(C)CCCCCc1ccc2c(c1)CC(C(=O)c1ccc(Cl)cc1)N2. The van der Waals surface area contributed by atoms with E-state index in [0.717, 1.165) is 31.6 Å². The Labute approximate surface area is 173 Å². The first-order valence-electron chi connectivity index (χ1n) is 10.0. The molecule has 0 spiro atoms. The summed E-state index contributed by atoms with van der Waals surface area (Å²) in [5.74, 6) is 0.123. The number of benzene rings is 2. The quantitative estimate of drug-likeness (QED) is 0.332. The summed E-state index contributed by atoms with van der Waals surface area (Å²) < 4.78 is 0. The molecule has 0 aromatic heterocycles. The number of likely N-dealkylation sites (N-methyl/N-ethyl adjacent to an activating group) is 1. The minimum atomic E-state index is -0.188. The lowest BCUT2D eigenvalue weighted by atomic mass is 9.99. The number of anilines is 1. The van der Waals surface area contributed by atoms with Crippen molar-refractivity contribution < 1.29 is 4.79 Å². The number of halogens is 1. The van der Waals surface area contributed by atoms with Crippen molar-refractivity contribution in [2.75, 3.05) is 25.5 Å². The lowest BCUT2D eigenvalue weighted by Crippen LogP contribution is -2.26. The first-order chi connectivity index (χ1) is 13.6. The van der Waals surface area contributed by atoms with Crippen LogP contribution >= 0.6 is 11.6 Å². The molecule has 2 aromatic carbocycles. The maximum absolute atomic E-state index is 12.7. The van der Waals surface area contributed by atoms with E-state index in [2.05, 4.69) is 42.0 Å². The molecule has 0 bridgehead atoms. The molecule has 28 heavy (non-hydrogen) atoms. The zero-order chi connectivity index (χ0) is 19.9. The van der Waals surface area contributed by atoms with Crippen molar-refractivity contribution in [3.8, 4) is 0 Å². The highest BCUT2D eigenvalue weighted by atomic mass is 35.5. The Morgan fingerprint density at radius 2 is 2.00 bits per heavy atom. The number of ketones is 1. The number of hydrogen-bond acceptors (Lipinski definition) is 3. The maximum Gasteiger partial charge on any atom is 0.185 e. The summed E-state index contributed by atoms with van der Waals surface area (Å²) in [5.41, 5.74) is 4.40. The highest BCUT2D eigenvalue weighted by molar-refractivity contribution is 6.30. The number of aryl methyl sites for hydroxylation is 1. The zero-order valence-corrected chi connectivity index (χ0v) is 17.3. The number of rotatable bonds is 10. The molecule has 4 heteroatoms. The molecular weight excluding hydrogens is 368 g/mol. The van der Waals surface area contributed by atoms with E-state index in [1.807, 2.05) is 6.08 Å². The standard InChI is InChI=1S/C24H29ClN2O/c1-3-14-27(2)15-6-4-5-7-18-8-13-22-20(16-18)17-23(26-22)24(28)19-9-11-21(25)12-10-19/h3,8-13,16,23,26H,1,4-7,14-15,17H2,2H3. The van der Waals surface area contributed by atoms with E-state index in [9.17, 15) is 4.79 Å². The number of unbranched alkanes of at least 4 members (excludes halogenated alkanes) is 2. The Morgan fingerprint density at radius 1 is 1.21 bits per heavy atom. The normalized spacial score (nSPS) is 15.3. The van der Waals surface area contributed by atoms with Crippen molar-refractivity contribution in [1.29, 1.82) is 0 Å². The molecule has 3 nitrogen and oxygen atoms in total. The van der Waals surface area contributed by atoms with E-state index in [-0.39, 0.29) is 11.8 Å². The van der Waals surface area contributed by atoms with Crippen LogP contribution in [-0.2, 0) is 12.8 Å². The summed E-state index contributed by atoms with van der Waals surface area (Å²) in [6, 6.07) is 13.5. The summed E-state index contributed by atoms with van der Waals surface area (Å²) in [6.07, 6.45) is 7.43. The summed E-state index contributed by atoms with van der Waals surface area (Å²) in [6.45, 7) is 5.85. The van der Waals surface area contributed by atoms with Crippen LogP contribution in [0.1, 0.15) is 40.7 Å². The molecule has 0 aliphatic carbocycles. The molecule has 0 saturated carbocycles. The van der Waals surface area contributed by atoms with Crippen LogP contribution in [0.4, 0.5) is 5.69 Å². The second-order valence-corrected chi connectivity index (χ2v) is 8.06. The number of nitrogens with zero attached hydrogens (tertiary/aromatic N) is 1. The van der Waals surface area contributed by atoms with E-state index >= 15 is 0 Å². The highest BCUT2D eigenvalue weighted by Gasteiger charge is 2.27. The topological polar surface area (TPSA) is 32.3 Å². The Balaban J connectivity index is 1.49. The Bertz CT molecular complexity index is 816. The van der Waals surface area contributed by atoms with Gasteiger partial charge in [-0.25, -0.2) is 0 Å². The molecular formula is C24H29ClN2O. The molecule has 148 valence electrons. The predicted octanol–water partition coefficient (Wildman–Crippen LogP) is 5.39. The van der Waals surface area contributed by atoms with Gasteiger partial charge in [0.05, 0.1) is 6.04 Å². The summed E-state index contributed by atoms with van der Waals surface area (Å²) in [5, 5.41) is 4.03. The van der Waals surface area contributed by atoms with Crippen molar-refractivity contribution in [3.63, 3.8) is 0 Å². The van der Waals surface area contributed by atoms with Crippen LogP contribution in [0.2, 0.25) is 5.02 Å². The van der Waals surface area contributed by atoms with E-state index in [4.69, 9.17) is 11.6 Å². The molecule has 1 heterocycles. The largest absolute Gasteiger partial charge is 0.374 e. The van der Waals surface area contributed by atoms with Crippen LogP contribution in [0.15, 0.2) is 55.1 Å². The van der Waals surface area contributed by atoms with Gasteiger partial charge in [-0.3, -0.25) is 4.79 Å². The molecule has 0 fully saturated rings. The molecule has 0 saturated heterocycles. The van der Waals surface area contributed by atoms with Crippen LogP contribution in [0.5, 0.6) is 0 Å². The van der Waals surface area contributed by atoms with E-state index in [0.29, 0.717) is 10.6 Å². The van der Waals surface area contributed by atoms with Gasteiger partial charge in [-0.15, -0.1) is 6.58 Å². The number of nitrogens with one attached hydrogen (secondary N) is 1. The smallest absolute Gasteiger partial charge is 0.185 e. The Hall–Kier alpha value is -2.10. The fourth-order valence-electron chi connectivity index (χ4n) is 3.74. The van der Waals surface area contributed by atoms with Crippen molar-refractivity contribution in [2.45, 2.75) is 38.1 Å². The van der Waals surface area contributed by atoms with Gasteiger partial charge in [0, 0.05) is 29.2 Å². The molecule has 1 aliphatic heterocycles. The second kappa shape index (κ2) is 9.90. The van der Waals surface area contributed by atoms with Gasteiger partial charge in [0.25, 0.3) is 0 Å². The Morgan fingerprint density at radius 3 is 2.75 bits per heavy atom. The average Bonchev–Trinajstić information content (AvgIpc) is 3.11. The number of hydrogen-bond donors (Lipinski definition) is 1. The van der Waals surface area contributed by atoms with Crippen molar-refractivity contribution >= 4 is 23.1 Å². The average molecular weight is 397 g/mol. The Kier molecular flexibility index (Phi) is 7.30. The van der Waals surface area contributed by atoms with Gasteiger partial charge in [0.1, 0.15) is 0 Å². The van der Waals surface area contributed by atoms with Crippen LogP contribution < -0.4 is 5.32 Å². The molecule has 1 unspecified atom stereocenters. The summed E-state index contributed by atoms with van der Waals surface area (Å²) >= 11 is 5.92. The molecule has 0 amide bonds. The monoisotopic (exact) mass is 396 g/mol. The molecule has 2 aromatic rings. The lowest BCUT2D eigenvalue weighted by Gasteiger charge is -2.13. The van der Waals surface area contributed by atoms with E-state index < -0.39 is 0 Å². The molecule has 1 atom stereocenters. The molecule has 1 N–H and O–H groups in total. The lowest BCUT2D eigenvalue weighted by molar-refractivity contribution is 0.0971. The third-order valence-electron chi connectivity index (χ3n) is 5.31. The fourth-order valence-corrected chi connectivity index (χ4v) is 3.87. The van der Waals surface area contributed by atoms with Crippen molar-refractivity contribution in [3.05, 3.63) is 76.8 Å². The third kappa shape index (κ3) is 5.46. The first kappa shape index (κ1) is 20.6. The molecule has 3 rings (SSSR count). The van der Waals surface area contributed by atoms with Crippen molar-refractivity contribution in [1.82, 2.24) is 4.90 Å². The van der Waals surface area contributed by atoms with Gasteiger partial charge in [0.2, 0.25) is 0 Å². The van der Waals surface area contributed by atoms with Gasteiger partial charge < -0.3 is 10.2 Å². The van der Waals surface area contributed by atoms with E-state index in [1.165, 1.54) is 30.4 Å². The number of fused-ring (bicyclic) bond motifs is 1. The van der Waals surface area contributed by atoms with Crippen LogP contribution in [0.25, 0.3) is 0 Å². The number of Topliss-reactive ketones (excluding diaryl/α,β-unsaturated/α-hetero) is 1. The minimum absolute atomic E-state index is 0.123. The number of carbonyl (C=O) groups excluding carboxylic acids is 1. The van der Waals surface area contributed by atoms with Gasteiger partial charge in [-0.05, 0) is 74.3 Å². The van der Waals surface area contributed by atoms with Crippen LogP contribution in [-0.4, -0.2) is 36.9 Å². The molecule has 1 aliphatic rings. The zero-order valence-electron chi connectivity index (χ0n) is 16.6. The van der Waals surface area contributed by atoms with E-state index in [1.54, 1.807) is 24.3 Å². The minimum Gasteiger partial charge on any atom is -0.374 e. The number of carbonyl (C=O) groups is 1. The second-order valence-electron chi connectivity index (χ2n) is 7.63. The third-order valence-corrected chi connectivity index (χ3v) is 5.57. The fraction of sp³-hybridized carbons (Fsp3) is 0.375. The molecule has 0 radical (unpaired) electrons. The van der Waals surface area contributed by atoms with Gasteiger partial charge in [-0.1, -0.05) is 36.2 Å². The van der Waals surface area contributed by atoms with Gasteiger partial charge in [-0.2, -0.15) is 0 Å². The summed E-state index contributed by atoms with van der Waals surface area (Å²) in [4.78, 5) is 15.0.